The van der Waals surface area contributed by atoms with Gasteiger partial charge in [0.2, 0.25) is 5.89 Å². The van der Waals surface area contributed by atoms with Gasteiger partial charge < -0.3 is 9.15 Å². The van der Waals surface area contributed by atoms with E-state index in [2.05, 4.69) is 16.3 Å². The first-order valence-electron chi connectivity index (χ1n) is 7.21. The van der Waals surface area contributed by atoms with Crippen LogP contribution in [-0.4, -0.2) is 10.2 Å². The third kappa shape index (κ3) is 3.34. The van der Waals surface area contributed by atoms with Gasteiger partial charge in [0.1, 0.15) is 5.75 Å². The van der Waals surface area contributed by atoms with Gasteiger partial charge in [0, 0.05) is 5.56 Å². The molecule has 1 aromatic heterocycles. The number of hydrogen-bond acceptors (Lipinski definition) is 4. The first-order valence-corrected chi connectivity index (χ1v) is 7.21. The lowest BCUT2D eigenvalue weighted by Crippen LogP contribution is -1.96. The quantitative estimate of drug-likeness (QED) is 0.722. The van der Waals surface area contributed by atoms with Crippen molar-refractivity contribution in [2.45, 2.75) is 27.4 Å². The maximum atomic E-state index is 5.73. The molecule has 22 heavy (non-hydrogen) atoms. The molecule has 0 aliphatic rings. The zero-order valence-electron chi connectivity index (χ0n) is 13.0. The van der Waals surface area contributed by atoms with Crippen molar-refractivity contribution in [1.82, 2.24) is 10.2 Å². The molecule has 0 aliphatic heterocycles. The fraction of sp³-hybridized carbons (Fsp3) is 0.222. The summed E-state index contributed by atoms with van der Waals surface area (Å²) in [6, 6.07) is 14.1. The number of hydrogen-bond donors (Lipinski definition) is 0. The Morgan fingerprint density at radius 3 is 2.23 bits per heavy atom. The highest BCUT2D eigenvalue weighted by Gasteiger charge is 2.09. The summed E-state index contributed by atoms with van der Waals surface area (Å²) < 4.78 is 11.4. The highest BCUT2D eigenvalue weighted by molar-refractivity contribution is 5.52. The molecule has 4 nitrogen and oxygen atoms in total. The molecule has 1 heterocycles. The number of nitrogens with zero attached hydrogens (tertiary/aromatic N) is 2. The summed E-state index contributed by atoms with van der Waals surface area (Å²) in [7, 11) is 0. The van der Waals surface area contributed by atoms with Crippen molar-refractivity contribution in [3.05, 3.63) is 65.0 Å². The molecule has 2 aromatic carbocycles. The van der Waals surface area contributed by atoms with E-state index in [-0.39, 0.29) is 6.61 Å². The predicted octanol–water partition coefficient (Wildman–Crippen LogP) is 4.24. The van der Waals surface area contributed by atoms with E-state index in [9.17, 15) is 0 Å². The van der Waals surface area contributed by atoms with E-state index in [1.807, 2.05) is 57.2 Å². The standard InChI is InChI=1S/C18H18N2O2/c1-12-4-6-15(7-5-12)18-20-19-17(22-18)11-21-16-9-13(2)8-14(3)10-16/h4-10H,11H2,1-3H3. The molecule has 0 aliphatic carbocycles. The Morgan fingerprint density at radius 2 is 1.55 bits per heavy atom. The summed E-state index contributed by atoms with van der Waals surface area (Å²) in [5.74, 6) is 1.79. The Morgan fingerprint density at radius 1 is 0.864 bits per heavy atom. The summed E-state index contributed by atoms with van der Waals surface area (Å²) in [5, 5.41) is 8.10. The molecule has 0 bridgehead atoms. The fourth-order valence-electron chi connectivity index (χ4n) is 2.29. The molecule has 0 radical (unpaired) electrons. The molecule has 3 rings (SSSR count). The Kier molecular flexibility index (Phi) is 3.92. The van der Waals surface area contributed by atoms with Gasteiger partial charge in [-0.3, -0.25) is 0 Å². The summed E-state index contributed by atoms with van der Waals surface area (Å²) in [4.78, 5) is 0. The van der Waals surface area contributed by atoms with Gasteiger partial charge in [-0.15, -0.1) is 10.2 Å². The van der Waals surface area contributed by atoms with Gasteiger partial charge >= 0.3 is 0 Å². The summed E-state index contributed by atoms with van der Waals surface area (Å²) in [6.45, 7) is 6.40. The molecule has 0 unspecified atom stereocenters. The van der Waals surface area contributed by atoms with Crippen molar-refractivity contribution >= 4 is 0 Å². The lowest BCUT2D eigenvalue weighted by atomic mass is 10.1. The van der Waals surface area contributed by atoms with Crippen LogP contribution >= 0.6 is 0 Å². The Bertz CT molecular complexity index is 756. The molecule has 4 heteroatoms. The zero-order valence-corrected chi connectivity index (χ0v) is 13.0. The van der Waals surface area contributed by atoms with Crippen molar-refractivity contribution in [3.8, 4) is 17.2 Å². The van der Waals surface area contributed by atoms with Crippen molar-refractivity contribution in [3.63, 3.8) is 0 Å². The molecule has 3 aromatic rings. The lowest BCUT2D eigenvalue weighted by molar-refractivity contribution is 0.264. The number of benzene rings is 2. The third-order valence-corrected chi connectivity index (χ3v) is 3.32. The molecule has 0 spiro atoms. The van der Waals surface area contributed by atoms with E-state index in [4.69, 9.17) is 9.15 Å². The Labute approximate surface area is 129 Å². The van der Waals surface area contributed by atoms with Crippen LogP contribution < -0.4 is 4.74 Å². The van der Waals surface area contributed by atoms with Crippen LogP contribution in [0.4, 0.5) is 0 Å². The molecular weight excluding hydrogens is 276 g/mol. The SMILES string of the molecule is Cc1ccc(-c2nnc(COc3cc(C)cc(C)c3)o2)cc1. The van der Waals surface area contributed by atoms with Crippen LogP contribution in [0.25, 0.3) is 11.5 Å². The molecule has 0 N–H and O–H groups in total. The molecule has 112 valence electrons. The van der Waals surface area contributed by atoms with Crippen LogP contribution in [0.3, 0.4) is 0 Å². The first kappa shape index (κ1) is 14.3. The number of rotatable bonds is 4. The highest BCUT2D eigenvalue weighted by Crippen LogP contribution is 2.20. The minimum absolute atomic E-state index is 0.266. The molecular formula is C18H18N2O2. The minimum atomic E-state index is 0.266. The van der Waals surface area contributed by atoms with Crippen molar-refractivity contribution in [2.75, 3.05) is 0 Å². The second-order valence-electron chi connectivity index (χ2n) is 5.48. The van der Waals surface area contributed by atoms with E-state index >= 15 is 0 Å². The molecule has 0 saturated heterocycles. The van der Waals surface area contributed by atoms with Gasteiger partial charge in [-0.2, -0.15) is 0 Å². The zero-order chi connectivity index (χ0) is 15.5. The Balaban J connectivity index is 1.70. The predicted molar refractivity (Wildman–Crippen MR) is 84.7 cm³/mol. The maximum absolute atomic E-state index is 5.73. The van der Waals surface area contributed by atoms with Crippen LogP contribution in [-0.2, 0) is 6.61 Å². The van der Waals surface area contributed by atoms with Crippen LogP contribution in [0.5, 0.6) is 5.75 Å². The van der Waals surface area contributed by atoms with Gasteiger partial charge in [0.15, 0.2) is 6.61 Å². The van der Waals surface area contributed by atoms with E-state index < -0.39 is 0 Å². The van der Waals surface area contributed by atoms with Crippen LogP contribution in [0.2, 0.25) is 0 Å². The lowest BCUT2D eigenvalue weighted by Gasteiger charge is -2.05. The van der Waals surface area contributed by atoms with Gasteiger partial charge in [0.05, 0.1) is 0 Å². The van der Waals surface area contributed by atoms with Crippen molar-refractivity contribution in [2.24, 2.45) is 0 Å². The highest BCUT2D eigenvalue weighted by atomic mass is 16.5. The molecule has 0 fully saturated rings. The van der Waals surface area contributed by atoms with Crippen molar-refractivity contribution < 1.29 is 9.15 Å². The molecule has 0 saturated carbocycles. The first-order chi connectivity index (χ1) is 10.6. The second kappa shape index (κ2) is 6.02. The normalized spacial score (nSPS) is 10.7. The van der Waals surface area contributed by atoms with E-state index in [1.165, 1.54) is 16.7 Å². The maximum Gasteiger partial charge on any atom is 0.254 e. The van der Waals surface area contributed by atoms with Gasteiger partial charge in [0.25, 0.3) is 5.89 Å². The summed E-state index contributed by atoms with van der Waals surface area (Å²) in [5.41, 5.74) is 4.44. The van der Waals surface area contributed by atoms with E-state index in [0.717, 1.165) is 11.3 Å². The monoisotopic (exact) mass is 294 g/mol. The Hall–Kier alpha value is -2.62. The van der Waals surface area contributed by atoms with Crippen molar-refractivity contribution in [1.29, 1.82) is 0 Å². The number of aryl methyl sites for hydroxylation is 3. The van der Waals surface area contributed by atoms with Gasteiger partial charge in [-0.05, 0) is 56.2 Å². The molecule has 0 atom stereocenters. The smallest absolute Gasteiger partial charge is 0.254 e. The van der Waals surface area contributed by atoms with Crippen LogP contribution in [0.15, 0.2) is 46.9 Å². The van der Waals surface area contributed by atoms with Gasteiger partial charge in [-0.1, -0.05) is 23.8 Å². The molecule has 0 amide bonds. The van der Waals surface area contributed by atoms with Crippen LogP contribution in [0.1, 0.15) is 22.6 Å². The minimum Gasteiger partial charge on any atom is -0.484 e. The third-order valence-electron chi connectivity index (χ3n) is 3.32. The number of ether oxygens (including phenoxy) is 1. The number of aromatic nitrogens is 2. The topological polar surface area (TPSA) is 48.2 Å². The van der Waals surface area contributed by atoms with Gasteiger partial charge in [-0.25, -0.2) is 0 Å². The summed E-state index contributed by atoms with van der Waals surface area (Å²) >= 11 is 0. The summed E-state index contributed by atoms with van der Waals surface area (Å²) in [6.07, 6.45) is 0. The van der Waals surface area contributed by atoms with Crippen LogP contribution in [0, 0.1) is 20.8 Å². The fourth-order valence-corrected chi connectivity index (χ4v) is 2.29. The second-order valence-corrected chi connectivity index (χ2v) is 5.48. The average Bonchev–Trinajstić information content (AvgIpc) is 2.94. The van der Waals surface area contributed by atoms with E-state index in [1.54, 1.807) is 0 Å². The largest absolute Gasteiger partial charge is 0.484 e. The van der Waals surface area contributed by atoms with E-state index in [0.29, 0.717) is 11.8 Å². The average molecular weight is 294 g/mol.